The lowest BCUT2D eigenvalue weighted by Crippen LogP contribution is -2.54. The third-order valence-electron chi connectivity index (χ3n) is 11.7. The van der Waals surface area contributed by atoms with Crippen LogP contribution in [0.25, 0.3) is 16.9 Å². The minimum Gasteiger partial charge on any atom is -0.382 e. The maximum Gasteiger partial charge on any atom is 0.264 e. The Morgan fingerprint density at radius 2 is 1.43 bits per heavy atom. The van der Waals surface area contributed by atoms with E-state index in [0.29, 0.717) is 109 Å². The van der Waals surface area contributed by atoms with Crippen LogP contribution in [0.5, 0.6) is 0 Å². The molecule has 3 aliphatic rings. The number of carbonyl (C=O) groups is 5. The van der Waals surface area contributed by atoms with E-state index in [1.807, 2.05) is 47.4 Å². The monoisotopic (exact) mass is 951 g/mol. The summed E-state index contributed by atoms with van der Waals surface area (Å²) in [6.07, 6.45) is 1.62. The van der Waals surface area contributed by atoms with E-state index < -0.39 is 39.5 Å². The molecule has 1 atom stereocenters. The number of fused-ring (bicyclic) bond motifs is 2. The topological polar surface area (TPSA) is 232 Å². The quantitative estimate of drug-likeness (QED) is 0.0668. The first-order valence-corrected chi connectivity index (χ1v) is 24.3. The van der Waals surface area contributed by atoms with E-state index in [9.17, 15) is 32.4 Å². The van der Waals surface area contributed by atoms with E-state index in [4.69, 9.17) is 18.9 Å². The summed E-state index contributed by atoms with van der Waals surface area (Å²) in [6.45, 7) is 5.82. The molecular weight excluding hydrogens is 899 g/mol. The zero-order chi connectivity index (χ0) is 47.6. The van der Waals surface area contributed by atoms with Crippen molar-refractivity contribution in [2.75, 3.05) is 107 Å². The lowest BCUT2D eigenvalue weighted by molar-refractivity contribution is -0.136. The van der Waals surface area contributed by atoms with Gasteiger partial charge in [-0.3, -0.25) is 34.2 Å². The fourth-order valence-corrected chi connectivity index (χ4v) is 8.78. The van der Waals surface area contributed by atoms with Gasteiger partial charge in [0.2, 0.25) is 23.7 Å². The van der Waals surface area contributed by atoms with Crippen LogP contribution in [0, 0.1) is 0 Å². The highest BCUT2D eigenvalue weighted by molar-refractivity contribution is 7.90. The van der Waals surface area contributed by atoms with Gasteiger partial charge >= 0.3 is 0 Å². The molecule has 5 aromatic rings. The van der Waals surface area contributed by atoms with Crippen molar-refractivity contribution in [1.29, 1.82) is 0 Å². The summed E-state index contributed by atoms with van der Waals surface area (Å²) in [6, 6.07) is 24.2. The molecule has 68 heavy (non-hydrogen) atoms. The molecule has 3 aliphatic heterocycles. The molecule has 358 valence electrons. The minimum absolute atomic E-state index is 0.0539. The normalized spacial score (nSPS) is 16.4. The first kappa shape index (κ1) is 47.7. The highest BCUT2D eigenvalue weighted by Gasteiger charge is 2.45. The average Bonchev–Trinajstić information content (AvgIpc) is 3.87. The summed E-state index contributed by atoms with van der Waals surface area (Å²) < 4.78 is 47.9. The Morgan fingerprint density at radius 3 is 2.10 bits per heavy atom. The van der Waals surface area contributed by atoms with Crippen molar-refractivity contribution in [3.63, 3.8) is 0 Å². The summed E-state index contributed by atoms with van der Waals surface area (Å²) >= 11 is 0. The largest absolute Gasteiger partial charge is 0.382 e. The van der Waals surface area contributed by atoms with E-state index in [-0.39, 0.29) is 34.8 Å². The van der Waals surface area contributed by atoms with Crippen molar-refractivity contribution in [1.82, 2.24) is 29.7 Å². The van der Waals surface area contributed by atoms with Gasteiger partial charge in [-0.05, 0) is 67.1 Å². The fraction of sp³-hybridized carbons (Fsp3) is 0.383. The maximum atomic E-state index is 13.2. The van der Waals surface area contributed by atoms with Crippen LogP contribution in [0.15, 0.2) is 89.8 Å². The molecule has 2 aromatic heterocycles. The highest BCUT2D eigenvalue weighted by atomic mass is 32.2. The van der Waals surface area contributed by atoms with Crippen LogP contribution in [0.4, 0.5) is 23.0 Å². The molecule has 0 bridgehead atoms. The Hall–Kier alpha value is -6.78. The van der Waals surface area contributed by atoms with E-state index >= 15 is 0 Å². The van der Waals surface area contributed by atoms with Crippen LogP contribution in [0.3, 0.4) is 0 Å². The molecule has 21 heteroatoms. The van der Waals surface area contributed by atoms with Gasteiger partial charge < -0.3 is 39.4 Å². The van der Waals surface area contributed by atoms with E-state index in [2.05, 4.69) is 30.9 Å². The fourth-order valence-electron chi connectivity index (χ4n) is 8.15. The second kappa shape index (κ2) is 21.9. The van der Waals surface area contributed by atoms with Crippen LogP contribution in [-0.4, -0.2) is 160 Å². The van der Waals surface area contributed by atoms with Gasteiger partial charge in [-0.25, -0.2) is 12.9 Å². The number of benzene rings is 3. The average molecular weight is 952 g/mol. The Bertz CT molecular complexity index is 2740. The van der Waals surface area contributed by atoms with Crippen LogP contribution >= 0.6 is 0 Å². The Kier molecular flexibility index (Phi) is 15.4. The van der Waals surface area contributed by atoms with Gasteiger partial charge in [0.25, 0.3) is 11.8 Å². The van der Waals surface area contributed by atoms with Gasteiger partial charge in [-0.1, -0.05) is 24.3 Å². The Morgan fingerprint density at radius 1 is 0.765 bits per heavy atom. The third-order valence-corrected chi connectivity index (χ3v) is 12.8. The molecule has 0 radical (unpaired) electrons. The Labute approximate surface area is 392 Å². The predicted octanol–water partition coefficient (Wildman–Crippen LogP) is 3.16. The van der Waals surface area contributed by atoms with Crippen molar-refractivity contribution >= 4 is 68.0 Å². The lowest BCUT2D eigenvalue weighted by atomic mass is 10.0. The van der Waals surface area contributed by atoms with Crippen LogP contribution < -0.4 is 20.9 Å². The molecule has 2 saturated heterocycles. The third kappa shape index (κ3) is 11.5. The number of rotatable bonds is 22. The van der Waals surface area contributed by atoms with Gasteiger partial charge in [0, 0.05) is 68.0 Å². The van der Waals surface area contributed by atoms with Crippen LogP contribution in [0.1, 0.15) is 40.0 Å². The first-order chi connectivity index (χ1) is 32.9. The number of carbonyl (C=O) groups excluding carboxylic acids is 5. The summed E-state index contributed by atoms with van der Waals surface area (Å²) in [5, 5.41) is 13.3. The molecule has 1 unspecified atom stereocenters. The number of pyridine rings is 1. The molecule has 3 N–H and O–H groups in total. The zero-order valence-corrected chi connectivity index (χ0v) is 38.4. The van der Waals surface area contributed by atoms with Crippen LogP contribution in [0.2, 0.25) is 0 Å². The number of hydrogen-bond donors (Lipinski definition) is 3. The first-order valence-electron chi connectivity index (χ1n) is 22.4. The smallest absolute Gasteiger partial charge is 0.264 e. The number of piperazine rings is 1. The Balaban J connectivity index is 0.644. The lowest BCUT2D eigenvalue weighted by Gasteiger charge is -2.36. The molecule has 3 aromatic carbocycles. The summed E-state index contributed by atoms with van der Waals surface area (Å²) in [4.78, 5) is 73.0. The summed E-state index contributed by atoms with van der Waals surface area (Å²) in [7, 11) is -3.30. The van der Waals surface area contributed by atoms with Gasteiger partial charge in [-0.2, -0.15) is 4.98 Å². The SMILES string of the molecule is CS(=O)(=O)c1ccc(-c2cccc3nc(Nc4ccc(N5CCN(C(=O)CCOCCOCCOCCOCCNc6cccc7c6C(=O)N(C6CCC(=O)NC6=O)C7=O)CC5)cc4)nn23)cc1. The second-order valence-corrected chi connectivity index (χ2v) is 18.3. The zero-order valence-electron chi connectivity index (χ0n) is 37.6. The minimum atomic E-state index is -3.30. The predicted molar refractivity (Wildman–Crippen MR) is 250 cm³/mol. The number of amides is 5. The molecule has 2 fully saturated rings. The van der Waals surface area contributed by atoms with E-state index in [1.54, 1.807) is 47.0 Å². The van der Waals surface area contributed by atoms with Crippen LogP contribution in [-0.2, 0) is 43.2 Å². The van der Waals surface area contributed by atoms with Crippen molar-refractivity contribution in [2.45, 2.75) is 30.2 Å². The molecule has 5 amide bonds. The number of nitrogens with zero attached hydrogens (tertiary/aromatic N) is 6. The maximum absolute atomic E-state index is 13.2. The van der Waals surface area contributed by atoms with Gasteiger partial charge in [0.1, 0.15) is 6.04 Å². The van der Waals surface area contributed by atoms with Crippen molar-refractivity contribution in [2.24, 2.45) is 0 Å². The standard InChI is InChI=1S/C47H53N9O11S/c1-68(62,63)35-14-8-32(9-15-35)38-6-3-7-40-50-47(52-56(38)40)49-33-10-12-34(13-11-33)53-20-22-54(23-21-53)42(58)18-24-64-26-28-66-30-31-67-29-27-65-25-19-48-37-5-2-4-36-43(37)46(61)55(45(36)60)39-16-17-41(57)51-44(39)59/h2-15,39,48H,16-31H2,1H3,(H,49,52)(H,51,57,59). The number of anilines is 4. The molecular formula is C47H53N9O11S. The van der Waals surface area contributed by atoms with Crippen molar-refractivity contribution in [3.8, 4) is 11.3 Å². The van der Waals surface area contributed by atoms with E-state index in [0.717, 1.165) is 27.5 Å². The number of ether oxygens (including phenoxy) is 4. The summed E-state index contributed by atoms with van der Waals surface area (Å²) in [5.41, 5.74) is 4.97. The molecule has 8 rings (SSSR count). The number of piperidine rings is 1. The summed E-state index contributed by atoms with van der Waals surface area (Å²) in [5.74, 6) is -1.73. The van der Waals surface area contributed by atoms with Gasteiger partial charge in [0.05, 0.1) is 81.0 Å². The van der Waals surface area contributed by atoms with E-state index in [1.165, 1.54) is 6.26 Å². The van der Waals surface area contributed by atoms with Crippen molar-refractivity contribution in [3.05, 3.63) is 96.1 Å². The number of imide groups is 2. The number of hydrogen-bond acceptors (Lipinski definition) is 16. The molecule has 20 nitrogen and oxygen atoms in total. The van der Waals surface area contributed by atoms with Gasteiger partial charge in [0.15, 0.2) is 15.5 Å². The number of aromatic nitrogens is 3. The highest BCUT2D eigenvalue weighted by Crippen LogP contribution is 2.32. The second-order valence-electron chi connectivity index (χ2n) is 16.3. The number of nitrogens with one attached hydrogen (secondary N) is 3. The molecule has 0 saturated carbocycles. The molecule has 5 heterocycles. The van der Waals surface area contributed by atoms with Crippen molar-refractivity contribution < 1.29 is 51.3 Å². The number of sulfone groups is 1. The van der Waals surface area contributed by atoms with Gasteiger partial charge in [-0.15, -0.1) is 5.10 Å². The molecule has 0 aliphatic carbocycles. The molecule has 0 spiro atoms.